The van der Waals surface area contributed by atoms with Gasteiger partial charge in [0.2, 0.25) is 0 Å². The molecule has 0 spiro atoms. The Kier molecular flexibility index (Phi) is 4.18. The third kappa shape index (κ3) is 3.43. The number of hydrogen-bond acceptors (Lipinski definition) is 4. The van der Waals surface area contributed by atoms with Gasteiger partial charge in [-0.05, 0) is 42.5 Å². The maximum Gasteiger partial charge on any atom is 0.261 e. The van der Waals surface area contributed by atoms with Crippen molar-refractivity contribution in [1.82, 2.24) is 14.8 Å². The fourth-order valence-electron chi connectivity index (χ4n) is 2.08. The molecule has 0 amide bonds. The number of halogens is 1. The normalized spacial score (nSPS) is 11.4. The van der Waals surface area contributed by atoms with Gasteiger partial charge in [-0.2, -0.15) is 0 Å². The van der Waals surface area contributed by atoms with Crippen LogP contribution in [-0.2, 0) is 17.1 Å². The van der Waals surface area contributed by atoms with Gasteiger partial charge >= 0.3 is 0 Å². The zero-order valence-corrected chi connectivity index (χ0v) is 14.5. The minimum atomic E-state index is -3.62. The van der Waals surface area contributed by atoms with E-state index in [1.54, 1.807) is 59.4 Å². The molecule has 1 heterocycles. The van der Waals surface area contributed by atoms with Gasteiger partial charge in [0.1, 0.15) is 6.33 Å². The van der Waals surface area contributed by atoms with Crippen LogP contribution < -0.4 is 4.72 Å². The Balaban J connectivity index is 1.85. The van der Waals surface area contributed by atoms with E-state index in [4.69, 9.17) is 0 Å². The number of nitrogens with one attached hydrogen (secondary N) is 1. The topological polar surface area (TPSA) is 76.9 Å². The van der Waals surface area contributed by atoms with Gasteiger partial charge in [-0.15, -0.1) is 10.2 Å². The molecule has 0 unspecified atom stereocenters. The molecule has 8 heteroatoms. The molecule has 0 aliphatic rings. The van der Waals surface area contributed by atoms with Crippen molar-refractivity contribution in [3.63, 3.8) is 0 Å². The van der Waals surface area contributed by atoms with Crippen LogP contribution in [0.3, 0.4) is 0 Å². The molecular weight excluding hydrogens is 380 g/mol. The lowest BCUT2D eigenvalue weighted by Gasteiger charge is -2.09. The first-order chi connectivity index (χ1) is 11.0. The van der Waals surface area contributed by atoms with Gasteiger partial charge in [0.25, 0.3) is 10.0 Å². The number of aryl methyl sites for hydroxylation is 1. The Morgan fingerprint density at radius 2 is 1.87 bits per heavy atom. The van der Waals surface area contributed by atoms with Crippen molar-refractivity contribution in [2.45, 2.75) is 4.90 Å². The van der Waals surface area contributed by atoms with Crippen LogP contribution in [0.1, 0.15) is 0 Å². The van der Waals surface area contributed by atoms with Crippen molar-refractivity contribution in [3.05, 3.63) is 59.3 Å². The number of anilines is 1. The Labute approximate surface area is 142 Å². The summed E-state index contributed by atoms with van der Waals surface area (Å²) in [7, 11) is -1.78. The van der Waals surface area contributed by atoms with Crippen molar-refractivity contribution in [3.8, 4) is 11.4 Å². The molecule has 0 aliphatic heterocycles. The summed E-state index contributed by atoms with van der Waals surface area (Å²) in [5, 5.41) is 7.84. The highest BCUT2D eigenvalue weighted by atomic mass is 79.9. The van der Waals surface area contributed by atoms with E-state index in [-0.39, 0.29) is 4.90 Å². The molecule has 0 bridgehead atoms. The lowest BCUT2D eigenvalue weighted by molar-refractivity contribution is 0.601. The van der Waals surface area contributed by atoms with Gasteiger partial charge in [-0.3, -0.25) is 4.72 Å². The lowest BCUT2D eigenvalue weighted by atomic mass is 10.2. The maximum atomic E-state index is 12.4. The fourth-order valence-corrected chi connectivity index (χ4v) is 3.73. The zero-order valence-electron chi connectivity index (χ0n) is 12.1. The Hall–Kier alpha value is -2.19. The monoisotopic (exact) mass is 392 g/mol. The van der Waals surface area contributed by atoms with Crippen LogP contribution in [0.15, 0.2) is 64.2 Å². The molecule has 118 valence electrons. The molecule has 1 N–H and O–H groups in total. The summed E-state index contributed by atoms with van der Waals surface area (Å²) in [5.41, 5.74) is 1.34. The number of nitrogens with zero attached hydrogens (tertiary/aromatic N) is 3. The average Bonchev–Trinajstić information content (AvgIpc) is 2.94. The first-order valence-electron chi connectivity index (χ1n) is 6.68. The number of sulfonamides is 1. The number of hydrogen-bond donors (Lipinski definition) is 1. The molecule has 2 aromatic carbocycles. The van der Waals surface area contributed by atoms with E-state index in [1.807, 2.05) is 7.05 Å². The van der Waals surface area contributed by atoms with Crippen molar-refractivity contribution in [2.24, 2.45) is 7.05 Å². The van der Waals surface area contributed by atoms with E-state index in [9.17, 15) is 8.42 Å². The van der Waals surface area contributed by atoms with Gasteiger partial charge in [0.15, 0.2) is 5.82 Å². The molecule has 0 saturated carbocycles. The SMILES string of the molecule is Cn1cnnc1-c1ccc(NS(=O)(=O)c2cccc(Br)c2)cc1. The van der Waals surface area contributed by atoms with Gasteiger partial charge in [0, 0.05) is 22.8 Å². The smallest absolute Gasteiger partial charge is 0.261 e. The summed E-state index contributed by atoms with van der Waals surface area (Å²) in [6.45, 7) is 0. The second kappa shape index (κ2) is 6.13. The van der Waals surface area contributed by atoms with Crippen LogP contribution in [0.5, 0.6) is 0 Å². The second-order valence-corrected chi connectivity index (χ2v) is 7.50. The van der Waals surface area contributed by atoms with E-state index in [2.05, 4.69) is 30.8 Å². The highest BCUT2D eigenvalue weighted by Gasteiger charge is 2.14. The largest absolute Gasteiger partial charge is 0.317 e. The molecule has 0 aliphatic carbocycles. The van der Waals surface area contributed by atoms with Gasteiger partial charge in [-0.25, -0.2) is 8.42 Å². The van der Waals surface area contributed by atoms with E-state index in [0.717, 1.165) is 5.56 Å². The molecule has 23 heavy (non-hydrogen) atoms. The summed E-state index contributed by atoms with van der Waals surface area (Å²) >= 11 is 3.27. The first-order valence-corrected chi connectivity index (χ1v) is 8.96. The molecule has 0 radical (unpaired) electrons. The molecule has 1 aromatic heterocycles. The van der Waals surface area contributed by atoms with Gasteiger partial charge in [-0.1, -0.05) is 22.0 Å². The Morgan fingerprint density at radius 1 is 1.13 bits per heavy atom. The predicted molar refractivity (Wildman–Crippen MR) is 91.4 cm³/mol. The van der Waals surface area contributed by atoms with Crippen molar-refractivity contribution >= 4 is 31.6 Å². The van der Waals surface area contributed by atoms with Crippen LogP contribution in [-0.4, -0.2) is 23.2 Å². The highest BCUT2D eigenvalue weighted by Crippen LogP contribution is 2.22. The summed E-state index contributed by atoms with van der Waals surface area (Å²) in [6, 6.07) is 13.5. The summed E-state index contributed by atoms with van der Waals surface area (Å²) in [4.78, 5) is 0.198. The number of rotatable bonds is 4. The standard InChI is InChI=1S/C15H13BrN4O2S/c1-20-10-17-18-15(20)11-5-7-13(8-6-11)19-23(21,22)14-4-2-3-12(16)9-14/h2-10,19H,1H3. The van der Waals surface area contributed by atoms with Crippen LogP contribution >= 0.6 is 15.9 Å². The van der Waals surface area contributed by atoms with E-state index < -0.39 is 10.0 Å². The van der Waals surface area contributed by atoms with E-state index in [0.29, 0.717) is 16.0 Å². The zero-order chi connectivity index (χ0) is 16.4. The summed E-state index contributed by atoms with van der Waals surface area (Å²) in [6.07, 6.45) is 1.61. The van der Waals surface area contributed by atoms with E-state index >= 15 is 0 Å². The predicted octanol–water partition coefficient (Wildman–Crippen LogP) is 3.05. The van der Waals surface area contributed by atoms with Crippen LogP contribution in [0.2, 0.25) is 0 Å². The first kappa shape index (κ1) is 15.7. The van der Waals surface area contributed by atoms with Crippen molar-refractivity contribution in [2.75, 3.05) is 4.72 Å². The molecule has 3 rings (SSSR count). The molecule has 0 fully saturated rings. The molecular formula is C15H13BrN4O2S. The van der Waals surface area contributed by atoms with Crippen molar-refractivity contribution < 1.29 is 8.42 Å². The van der Waals surface area contributed by atoms with Crippen LogP contribution in [0, 0.1) is 0 Å². The number of benzene rings is 2. The minimum absolute atomic E-state index is 0.198. The lowest BCUT2D eigenvalue weighted by Crippen LogP contribution is -2.12. The summed E-state index contributed by atoms with van der Waals surface area (Å²) in [5.74, 6) is 0.714. The van der Waals surface area contributed by atoms with Crippen molar-refractivity contribution in [1.29, 1.82) is 0 Å². The third-order valence-electron chi connectivity index (χ3n) is 3.21. The van der Waals surface area contributed by atoms with Crippen LogP contribution in [0.4, 0.5) is 5.69 Å². The Morgan fingerprint density at radius 3 is 2.48 bits per heavy atom. The Bertz CT molecular complexity index is 936. The van der Waals surface area contributed by atoms with E-state index in [1.165, 1.54) is 0 Å². The highest BCUT2D eigenvalue weighted by molar-refractivity contribution is 9.10. The molecule has 3 aromatic rings. The maximum absolute atomic E-state index is 12.4. The summed E-state index contributed by atoms with van der Waals surface area (Å²) < 4.78 is 29.8. The number of aromatic nitrogens is 3. The molecule has 0 atom stereocenters. The molecule has 6 nitrogen and oxygen atoms in total. The quantitative estimate of drug-likeness (QED) is 0.739. The van der Waals surface area contributed by atoms with Gasteiger partial charge < -0.3 is 4.57 Å². The second-order valence-electron chi connectivity index (χ2n) is 4.91. The van der Waals surface area contributed by atoms with Crippen LogP contribution in [0.25, 0.3) is 11.4 Å². The molecule has 0 saturated heterocycles. The fraction of sp³-hybridized carbons (Fsp3) is 0.0667. The minimum Gasteiger partial charge on any atom is -0.317 e. The van der Waals surface area contributed by atoms with Gasteiger partial charge in [0.05, 0.1) is 4.90 Å². The average molecular weight is 393 g/mol. The third-order valence-corrected chi connectivity index (χ3v) is 5.09.